The smallest absolute Gasteiger partial charge is 0.302 e. The van der Waals surface area contributed by atoms with Gasteiger partial charge >= 0.3 is 17.9 Å². The van der Waals surface area contributed by atoms with E-state index in [0.29, 0.717) is 13.2 Å². The van der Waals surface area contributed by atoms with Gasteiger partial charge in [-0.15, -0.1) is 0 Å². The number of hydrogen-bond acceptors (Lipinski definition) is 9. The number of esters is 3. The van der Waals surface area contributed by atoms with Crippen LogP contribution in [0.4, 0.5) is 0 Å². The van der Waals surface area contributed by atoms with Crippen molar-refractivity contribution in [3.63, 3.8) is 0 Å². The van der Waals surface area contributed by atoms with Gasteiger partial charge < -0.3 is 23.7 Å². The molecule has 0 aromatic rings. The molecule has 3 aliphatic heterocycles. The van der Waals surface area contributed by atoms with Crippen LogP contribution in [0.15, 0.2) is 0 Å². The van der Waals surface area contributed by atoms with Gasteiger partial charge in [0.05, 0.1) is 26.4 Å². The van der Waals surface area contributed by atoms with Gasteiger partial charge in [-0.25, -0.2) is 0 Å². The molecule has 0 aliphatic carbocycles. The third-order valence-corrected chi connectivity index (χ3v) is 4.79. The van der Waals surface area contributed by atoms with Crippen molar-refractivity contribution in [3.05, 3.63) is 0 Å². The number of ether oxygens (including phenoxy) is 5. The van der Waals surface area contributed by atoms with Crippen LogP contribution in [0.1, 0.15) is 40.0 Å². The van der Waals surface area contributed by atoms with Crippen LogP contribution >= 0.6 is 11.8 Å². The Kier molecular flexibility index (Phi) is 12.1. The van der Waals surface area contributed by atoms with Crippen LogP contribution in [-0.2, 0) is 38.1 Å². The van der Waals surface area contributed by atoms with E-state index in [1.54, 1.807) is 0 Å². The number of carbonyl (C=O) groups is 3. The highest BCUT2D eigenvalue weighted by atomic mass is 32.2. The van der Waals surface area contributed by atoms with Gasteiger partial charge in [0.1, 0.15) is 18.3 Å². The molecule has 8 nitrogen and oxygen atoms in total. The second-order valence-electron chi connectivity index (χ2n) is 6.29. The Hall–Kier alpha value is -1.32. The molecule has 27 heavy (non-hydrogen) atoms. The molecule has 3 heterocycles. The summed E-state index contributed by atoms with van der Waals surface area (Å²) < 4.78 is 24.6. The average Bonchev–Trinajstić information content (AvgIpc) is 3.30. The molecule has 0 radical (unpaired) electrons. The molecule has 0 saturated carbocycles. The first kappa shape index (κ1) is 23.7. The molecule has 3 saturated heterocycles. The molecule has 0 amide bonds. The second kappa shape index (κ2) is 13.8. The van der Waals surface area contributed by atoms with Crippen LogP contribution in [0, 0.1) is 0 Å². The van der Waals surface area contributed by atoms with Gasteiger partial charge in [-0.05, 0) is 12.2 Å². The SMILES string of the molecule is CC(=O)OC1CCOC1.CC(=O)OC1CCSC1.CC(=O)O[C@H]1CCOC1. The van der Waals surface area contributed by atoms with E-state index in [1.165, 1.54) is 20.8 Å². The second-order valence-corrected chi connectivity index (χ2v) is 7.43. The highest BCUT2D eigenvalue weighted by Crippen LogP contribution is 2.19. The van der Waals surface area contributed by atoms with Gasteiger partial charge in [0, 0.05) is 39.4 Å². The van der Waals surface area contributed by atoms with E-state index in [1.807, 2.05) is 11.8 Å². The maximum atomic E-state index is 10.4. The fraction of sp³-hybridized carbons (Fsp3) is 0.833. The van der Waals surface area contributed by atoms with E-state index in [-0.39, 0.29) is 36.2 Å². The lowest BCUT2D eigenvalue weighted by molar-refractivity contribution is -0.147. The standard InChI is InChI=1S/2C6H10O3.C6H10O2S/c2*1-5(7)9-6-2-3-8-4-6;1-5(7)8-6-2-3-9-4-6/h3*6H,2-4H2,1H3/t6-;;/m0../s1. The zero-order chi connectivity index (χ0) is 20.1. The Morgan fingerprint density at radius 1 is 0.741 bits per heavy atom. The first-order valence-electron chi connectivity index (χ1n) is 9.11. The minimum atomic E-state index is -0.217. The molecule has 2 unspecified atom stereocenters. The summed E-state index contributed by atoms with van der Waals surface area (Å²) in [4.78, 5) is 31.0. The summed E-state index contributed by atoms with van der Waals surface area (Å²) in [7, 11) is 0. The van der Waals surface area contributed by atoms with Gasteiger partial charge in [0.2, 0.25) is 0 Å². The Balaban J connectivity index is 0.000000202. The number of hydrogen-bond donors (Lipinski definition) is 0. The first-order chi connectivity index (χ1) is 12.9. The predicted molar refractivity (Wildman–Crippen MR) is 99.5 cm³/mol. The maximum absolute atomic E-state index is 10.4. The molecule has 3 fully saturated rings. The summed E-state index contributed by atoms with van der Waals surface area (Å²) >= 11 is 1.85. The fourth-order valence-corrected chi connectivity index (χ4v) is 3.62. The van der Waals surface area contributed by atoms with Gasteiger partial charge in [0.15, 0.2) is 0 Å². The van der Waals surface area contributed by atoms with Crippen molar-refractivity contribution in [2.24, 2.45) is 0 Å². The highest BCUT2D eigenvalue weighted by molar-refractivity contribution is 7.99. The van der Waals surface area contributed by atoms with E-state index >= 15 is 0 Å². The molecule has 0 bridgehead atoms. The van der Waals surface area contributed by atoms with Crippen molar-refractivity contribution >= 4 is 29.7 Å². The van der Waals surface area contributed by atoms with Crippen molar-refractivity contribution < 1.29 is 38.1 Å². The third-order valence-electron chi connectivity index (χ3n) is 3.66. The monoisotopic (exact) mass is 406 g/mol. The summed E-state index contributed by atoms with van der Waals surface area (Å²) in [6.45, 7) is 6.87. The number of thioether (sulfide) groups is 1. The van der Waals surface area contributed by atoms with E-state index in [2.05, 4.69) is 0 Å². The van der Waals surface area contributed by atoms with Crippen molar-refractivity contribution in [1.82, 2.24) is 0 Å². The van der Waals surface area contributed by atoms with E-state index < -0.39 is 0 Å². The lowest BCUT2D eigenvalue weighted by atomic mass is 10.3. The van der Waals surface area contributed by atoms with Crippen molar-refractivity contribution in [1.29, 1.82) is 0 Å². The van der Waals surface area contributed by atoms with E-state index in [4.69, 9.17) is 23.7 Å². The summed E-state index contributed by atoms with van der Waals surface area (Å²) in [5, 5.41) is 0. The van der Waals surface area contributed by atoms with Crippen LogP contribution in [0.3, 0.4) is 0 Å². The average molecular weight is 406 g/mol. The van der Waals surface area contributed by atoms with Gasteiger partial charge in [-0.3, -0.25) is 14.4 Å². The minimum Gasteiger partial charge on any atom is -0.462 e. The van der Waals surface area contributed by atoms with E-state index in [0.717, 1.165) is 44.0 Å². The molecule has 0 spiro atoms. The molecule has 3 aliphatic rings. The lowest BCUT2D eigenvalue weighted by Gasteiger charge is -2.06. The molecule has 0 aromatic heterocycles. The van der Waals surface area contributed by atoms with Gasteiger partial charge in [0.25, 0.3) is 0 Å². The Morgan fingerprint density at radius 2 is 1.19 bits per heavy atom. The zero-order valence-electron chi connectivity index (χ0n) is 16.3. The van der Waals surface area contributed by atoms with Gasteiger partial charge in [-0.1, -0.05) is 0 Å². The number of carbonyl (C=O) groups excluding carboxylic acids is 3. The molecule has 3 atom stereocenters. The summed E-state index contributed by atoms with van der Waals surface area (Å²) in [5.41, 5.74) is 0. The molecule has 9 heteroatoms. The Bertz CT molecular complexity index is 386. The molecule has 0 N–H and O–H groups in total. The topological polar surface area (TPSA) is 97.4 Å². The summed E-state index contributed by atoms with van der Waals surface area (Å²) in [6, 6.07) is 0. The fourth-order valence-electron chi connectivity index (χ4n) is 2.52. The van der Waals surface area contributed by atoms with Gasteiger partial charge in [-0.2, -0.15) is 11.8 Å². The zero-order valence-corrected chi connectivity index (χ0v) is 17.1. The van der Waals surface area contributed by atoms with E-state index in [9.17, 15) is 14.4 Å². The summed E-state index contributed by atoms with van der Waals surface area (Å²) in [5.74, 6) is 1.54. The largest absolute Gasteiger partial charge is 0.462 e. The normalized spacial score (nSPS) is 26.1. The Labute approximate surface area is 164 Å². The minimum absolute atomic E-state index is 0.0162. The van der Waals surface area contributed by atoms with Crippen molar-refractivity contribution in [2.75, 3.05) is 37.9 Å². The molecule has 3 rings (SSSR count). The molecular formula is C18H30O8S. The Morgan fingerprint density at radius 3 is 1.48 bits per heavy atom. The molecule has 0 aromatic carbocycles. The van der Waals surface area contributed by atoms with Crippen LogP contribution < -0.4 is 0 Å². The van der Waals surface area contributed by atoms with Crippen molar-refractivity contribution in [3.8, 4) is 0 Å². The van der Waals surface area contributed by atoms with Crippen LogP contribution in [0.5, 0.6) is 0 Å². The van der Waals surface area contributed by atoms with Crippen LogP contribution in [0.25, 0.3) is 0 Å². The quantitative estimate of drug-likeness (QED) is 0.512. The first-order valence-corrected chi connectivity index (χ1v) is 10.3. The summed E-state index contributed by atoms with van der Waals surface area (Å²) in [6.07, 6.45) is 2.96. The lowest BCUT2D eigenvalue weighted by Crippen LogP contribution is -2.15. The van der Waals surface area contributed by atoms with Crippen molar-refractivity contribution in [2.45, 2.75) is 58.3 Å². The number of rotatable bonds is 3. The molecule has 156 valence electrons. The predicted octanol–water partition coefficient (Wildman–Crippen LogP) is 1.73. The third kappa shape index (κ3) is 12.6. The highest BCUT2D eigenvalue weighted by Gasteiger charge is 2.18. The molecular weight excluding hydrogens is 376 g/mol. The van der Waals surface area contributed by atoms with Crippen LogP contribution in [-0.4, -0.2) is 74.2 Å². The van der Waals surface area contributed by atoms with Crippen LogP contribution in [0.2, 0.25) is 0 Å². The maximum Gasteiger partial charge on any atom is 0.302 e.